The Kier molecular flexibility index (Phi) is 6.27. The second kappa shape index (κ2) is 9.04. The van der Waals surface area contributed by atoms with Crippen molar-refractivity contribution in [3.8, 4) is 11.5 Å². The van der Waals surface area contributed by atoms with E-state index in [-0.39, 0.29) is 18.3 Å². The highest BCUT2D eigenvalue weighted by molar-refractivity contribution is 5.94. The number of benzene rings is 3. The number of methoxy groups -OCH3 is 1. The van der Waals surface area contributed by atoms with E-state index in [2.05, 4.69) is 5.32 Å². The number of hydrogen-bond acceptors (Lipinski definition) is 3. The fourth-order valence-corrected chi connectivity index (χ4v) is 2.79. The van der Waals surface area contributed by atoms with E-state index in [9.17, 15) is 9.18 Å². The normalized spacial score (nSPS) is 10.4. The predicted molar refractivity (Wildman–Crippen MR) is 106 cm³/mol. The quantitative estimate of drug-likeness (QED) is 0.650. The van der Waals surface area contributed by atoms with Crippen molar-refractivity contribution in [3.05, 3.63) is 94.8 Å². The number of nitrogens with one attached hydrogen (secondary N) is 1. The van der Waals surface area contributed by atoms with E-state index in [1.807, 2.05) is 31.2 Å². The molecule has 0 aliphatic carbocycles. The Morgan fingerprint density at radius 2 is 1.75 bits per heavy atom. The van der Waals surface area contributed by atoms with Crippen molar-refractivity contribution in [3.63, 3.8) is 0 Å². The summed E-state index contributed by atoms with van der Waals surface area (Å²) in [6.07, 6.45) is 0. The molecule has 1 N–H and O–H groups in total. The number of para-hydroxylation sites is 1. The number of ether oxygens (including phenoxy) is 2. The number of aryl methyl sites for hydroxylation is 1. The SMILES string of the molecule is COc1ccc(C(=O)NCc2ccc(F)cc2)cc1COc1ccccc1C. The van der Waals surface area contributed by atoms with Crippen molar-refractivity contribution < 1.29 is 18.7 Å². The molecule has 5 heteroatoms. The molecule has 3 aromatic rings. The van der Waals surface area contributed by atoms with Crippen LogP contribution in [0.3, 0.4) is 0 Å². The molecule has 0 atom stereocenters. The molecule has 0 spiro atoms. The molecular weight excluding hydrogens is 357 g/mol. The van der Waals surface area contributed by atoms with E-state index in [0.29, 0.717) is 17.9 Å². The Hall–Kier alpha value is -3.34. The van der Waals surface area contributed by atoms with Gasteiger partial charge in [-0.05, 0) is 54.4 Å². The Balaban J connectivity index is 1.69. The third kappa shape index (κ3) is 4.88. The van der Waals surface area contributed by atoms with Crippen molar-refractivity contribution >= 4 is 5.91 Å². The van der Waals surface area contributed by atoms with Crippen molar-refractivity contribution in [2.24, 2.45) is 0 Å². The van der Waals surface area contributed by atoms with Gasteiger partial charge in [0.05, 0.1) is 7.11 Å². The molecule has 1 amide bonds. The number of rotatable bonds is 7. The largest absolute Gasteiger partial charge is 0.496 e. The van der Waals surface area contributed by atoms with E-state index < -0.39 is 0 Å². The molecule has 0 bridgehead atoms. The van der Waals surface area contributed by atoms with Gasteiger partial charge in [0.15, 0.2) is 0 Å². The maximum absolute atomic E-state index is 13.0. The van der Waals surface area contributed by atoms with Gasteiger partial charge < -0.3 is 14.8 Å². The molecule has 28 heavy (non-hydrogen) atoms. The fourth-order valence-electron chi connectivity index (χ4n) is 2.79. The molecule has 0 saturated carbocycles. The molecular formula is C23H22FNO3. The zero-order valence-corrected chi connectivity index (χ0v) is 15.9. The van der Waals surface area contributed by atoms with Gasteiger partial charge >= 0.3 is 0 Å². The highest BCUT2D eigenvalue weighted by Crippen LogP contribution is 2.24. The summed E-state index contributed by atoms with van der Waals surface area (Å²) in [7, 11) is 1.58. The fraction of sp³-hybridized carbons (Fsp3) is 0.174. The summed E-state index contributed by atoms with van der Waals surface area (Å²) in [5.41, 5.74) is 3.15. The summed E-state index contributed by atoms with van der Waals surface area (Å²) < 4.78 is 24.3. The predicted octanol–water partition coefficient (Wildman–Crippen LogP) is 4.65. The zero-order chi connectivity index (χ0) is 19.9. The van der Waals surface area contributed by atoms with E-state index in [0.717, 1.165) is 22.4 Å². The third-order valence-corrected chi connectivity index (χ3v) is 4.39. The highest BCUT2D eigenvalue weighted by Gasteiger charge is 2.11. The summed E-state index contributed by atoms with van der Waals surface area (Å²) in [5, 5.41) is 2.84. The first-order valence-corrected chi connectivity index (χ1v) is 8.95. The van der Waals surface area contributed by atoms with E-state index >= 15 is 0 Å². The lowest BCUT2D eigenvalue weighted by molar-refractivity contribution is 0.0950. The van der Waals surface area contributed by atoms with Crippen LogP contribution in [0.2, 0.25) is 0 Å². The lowest BCUT2D eigenvalue weighted by atomic mass is 10.1. The van der Waals surface area contributed by atoms with Crippen LogP contribution in [-0.4, -0.2) is 13.0 Å². The van der Waals surface area contributed by atoms with Crippen LogP contribution in [0.15, 0.2) is 66.7 Å². The number of halogens is 1. The molecule has 0 fully saturated rings. The Morgan fingerprint density at radius 3 is 2.46 bits per heavy atom. The zero-order valence-electron chi connectivity index (χ0n) is 15.9. The highest BCUT2D eigenvalue weighted by atomic mass is 19.1. The van der Waals surface area contributed by atoms with Gasteiger partial charge in [-0.1, -0.05) is 30.3 Å². The van der Waals surface area contributed by atoms with Gasteiger partial charge in [0.2, 0.25) is 0 Å². The minimum atomic E-state index is -0.302. The minimum absolute atomic E-state index is 0.218. The third-order valence-electron chi connectivity index (χ3n) is 4.39. The van der Waals surface area contributed by atoms with Crippen LogP contribution >= 0.6 is 0 Å². The number of amides is 1. The average molecular weight is 379 g/mol. The van der Waals surface area contributed by atoms with Gasteiger partial charge in [0, 0.05) is 17.7 Å². The Morgan fingerprint density at radius 1 is 1.00 bits per heavy atom. The lowest BCUT2D eigenvalue weighted by Gasteiger charge is -2.13. The molecule has 0 aliphatic heterocycles. The van der Waals surface area contributed by atoms with Gasteiger partial charge in [-0.25, -0.2) is 4.39 Å². The first kappa shape index (κ1) is 19.4. The van der Waals surface area contributed by atoms with Crippen LogP contribution in [0.4, 0.5) is 4.39 Å². The number of carbonyl (C=O) groups is 1. The summed E-state index contributed by atoms with van der Waals surface area (Å²) in [5.74, 6) is 0.923. The summed E-state index contributed by atoms with van der Waals surface area (Å²) >= 11 is 0. The number of hydrogen-bond donors (Lipinski definition) is 1. The monoisotopic (exact) mass is 379 g/mol. The summed E-state index contributed by atoms with van der Waals surface area (Å²) in [6.45, 7) is 2.58. The first-order chi connectivity index (χ1) is 13.6. The first-order valence-electron chi connectivity index (χ1n) is 8.95. The summed E-state index contributed by atoms with van der Waals surface area (Å²) in [6, 6.07) is 19.0. The minimum Gasteiger partial charge on any atom is -0.496 e. The van der Waals surface area contributed by atoms with Crippen LogP contribution in [0, 0.1) is 12.7 Å². The van der Waals surface area contributed by atoms with Gasteiger partial charge in [-0.3, -0.25) is 4.79 Å². The molecule has 3 aromatic carbocycles. The molecule has 0 aromatic heterocycles. The van der Waals surface area contributed by atoms with Crippen LogP contribution in [-0.2, 0) is 13.2 Å². The smallest absolute Gasteiger partial charge is 0.251 e. The molecule has 0 saturated heterocycles. The second-order valence-electron chi connectivity index (χ2n) is 6.39. The average Bonchev–Trinajstić information content (AvgIpc) is 2.72. The molecule has 0 unspecified atom stereocenters. The molecule has 0 heterocycles. The standard InChI is InChI=1S/C23H22FNO3/c1-16-5-3-4-6-21(16)28-15-19-13-18(9-12-22(19)27-2)23(26)25-14-17-7-10-20(24)11-8-17/h3-13H,14-15H2,1-2H3,(H,25,26). The second-order valence-corrected chi connectivity index (χ2v) is 6.39. The lowest BCUT2D eigenvalue weighted by Crippen LogP contribution is -2.23. The molecule has 144 valence electrons. The van der Waals surface area contributed by atoms with Crippen molar-refractivity contribution in [2.45, 2.75) is 20.1 Å². The van der Waals surface area contributed by atoms with Crippen LogP contribution in [0.5, 0.6) is 11.5 Å². The Labute approximate surface area is 163 Å². The van der Waals surface area contributed by atoms with Crippen molar-refractivity contribution in [1.82, 2.24) is 5.32 Å². The topological polar surface area (TPSA) is 47.6 Å². The van der Waals surface area contributed by atoms with Crippen LogP contribution < -0.4 is 14.8 Å². The van der Waals surface area contributed by atoms with Gasteiger partial charge in [0.1, 0.15) is 23.9 Å². The van der Waals surface area contributed by atoms with Gasteiger partial charge in [-0.2, -0.15) is 0 Å². The van der Waals surface area contributed by atoms with Crippen LogP contribution in [0.25, 0.3) is 0 Å². The van der Waals surface area contributed by atoms with E-state index in [1.54, 1.807) is 37.4 Å². The maximum Gasteiger partial charge on any atom is 0.251 e. The summed E-state index contributed by atoms with van der Waals surface area (Å²) in [4.78, 5) is 12.5. The molecule has 3 rings (SSSR count). The van der Waals surface area contributed by atoms with Gasteiger partial charge in [0.25, 0.3) is 5.91 Å². The molecule has 0 radical (unpaired) electrons. The van der Waals surface area contributed by atoms with Crippen molar-refractivity contribution in [1.29, 1.82) is 0 Å². The maximum atomic E-state index is 13.0. The van der Waals surface area contributed by atoms with E-state index in [1.165, 1.54) is 12.1 Å². The van der Waals surface area contributed by atoms with Gasteiger partial charge in [-0.15, -0.1) is 0 Å². The van der Waals surface area contributed by atoms with Crippen molar-refractivity contribution in [2.75, 3.05) is 7.11 Å². The molecule has 0 aliphatic rings. The number of carbonyl (C=O) groups excluding carboxylic acids is 1. The van der Waals surface area contributed by atoms with E-state index in [4.69, 9.17) is 9.47 Å². The Bertz CT molecular complexity index is 954. The molecule has 4 nitrogen and oxygen atoms in total. The van der Waals surface area contributed by atoms with Crippen LogP contribution in [0.1, 0.15) is 27.0 Å².